The van der Waals surface area contributed by atoms with Crippen molar-refractivity contribution in [2.24, 2.45) is 0 Å². The predicted molar refractivity (Wildman–Crippen MR) is 75.1 cm³/mol. The Morgan fingerprint density at radius 1 is 1.16 bits per heavy atom. The summed E-state index contributed by atoms with van der Waals surface area (Å²) in [6.45, 7) is 1.40. The molecule has 0 bridgehead atoms. The van der Waals surface area contributed by atoms with Gasteiger partial charge in [-0.25, -0.2) is 0 Å². The van der Waals surface area contributed by atoms with E-state index in [1.165, 1.54) is 0 Å². The van der Waals surface area contributed by atoms with Gasteiger partial charge in [0.15, 0.2) is 0 Å². The largest absolute Gasteiger partial charge is 0.360 e. The van der Waals surface area contributed by atoms with Gasteiger partial charge < -0.3 is 14.9 Å². The lowest BCUT2D eigenvalue weighted by atomic mass is 10.1. The summed E-state index contributed by atoms with van der Waals surface area (Å²) in [6.07, 6.45) is 5.73. The normalized spacial score (nSPS) is 10.7. The third-order valence-electron chi connectivity index (χ3n) is 3.16. The van der Waals surface area contributed by atoms with Crippen LogP contribution < -0.4 is 5.32 Å². The van der Waals surface area contributed by atoms with Crippen molar-refractivity contribution >= 4 is 16.8 Å². The predicted octanol–water partition coefficient (Wildman–Crippen LogP) is 2.40. The number of nitrogens with one attached hydrogen (secondary N) is 2. The van der Waals surface area contributed by atoms with Crippen molar-refractivity contribution < 1.29 is 4.79 Å². The molecule has 0 aliphatic heterocycles. The van der Waals surface area contributed by atoms with Crippen molar-refractivity contribution in [3.63, 3.8) is 0 Å². The van der Waals surface area contributed by atoms with Crippen LogP contribution >= 0.6 is 0 Å². The Morgan fingerprint density at radius 3 is 2.79 bits per heavy atom. The Hall–Kier alpha value is -2.49. The third kappa shape index (κ3) is 2.38. The number of para-hydroxylation sites is 1. The van der Waals surface area contributed by atoms with Gasteiger partial charge >= 0.3 is 0 Å². The van der Waals surface area contributed by atoms with E-state index in [9.17, 15) is 4.79 Å². The average Bonchev–Trinajstić information content (AvgIpc) is 3.07. The molecular formula is C15H15N3O. The number of hydrogen-bond donors (Lipinski definition) is 2. The number of nitrogens with zero attached hydrogens (tertiary/aromatic N) is 1. The van der Waals surface area contributed by atoms with E-state index in [-0.39, 0.29) is 5.91 Å². The van der Waals surface area contributed by atoms with E-state index in [2.05, 4.69) is 10.3 Å². The first-order chi connectivity index (χ1) is 9.34. The zero-order chi connectivity index (χ0) is 13.1. The van der Waals surface area contributed by atoms with Crippen LogP contribution in [0.1, 0.15) is 10.4 Å². The van der Waals surface area contributed by atoms with Crippen molar-refractivity contribution in [3.8, 4) is 0 Å². The van der Waals surface area contributed by atoms with Gasteiger partial charge in [0.25, 0.3) is 5.91 Å². The first-order valence-electron chi connectivity index (χ1n) is 6.30. The summed E-state index contributed by atoms with van der Waals surface area (Å²) in [4.78, 5) is 15.2. The van der Waals surface area contributed by atoms with Crippen molar-refractivity contribution in [1.82, 2.24) is 14.9 Å². The molecule has 4 nitrogen and oxygen atoms in total. The van der Waals surface area contributed by atoms with Crippen LogP contribution in [0.4, 0.5) is 0 Å². The number of carbonyl (C=O) groups is 1. The zero-order valence-corrected chi connectivity index (χ0v) is 10.5. The SMILES string of the molecule is O=C(NCCn1cccc1)c1c[nH]c2ccccc12. The highest BCUT2D eigenvalue weighted by molar-refractivity contribution is 6.06. The molecule has 2 heterocycles. The standard InChI is InChI=1S/C15H15N3O/c19-15(16-7-10-18-8-3-4-9-18)13-11-17-14-6-2-1-5-12(13)14/h1-6,8-9,11,17H,7,10H2,(H,16,19). The Balaban J connectivity index is 1.67. The Morgan fingerprint density at radius 2 is 1.95 bits per heavy atom. The molecule has 2 aromatic heterocycles. The second-order valence-electron chi connectivity index (χ2n) is 4.42. The molecular weight excluding hydrogens is 238 g/mol. The first-order valence-corrected chi connectivity index (χ1v) is 6.30. The minimum Gasteiger partial charge on any atom is -0.360 e. The number of aromatic amines is 1. The molecule has 3 rings (SSSR count). The molecule has 1 amide bonds. The van der Waals surface area contributed by atoms with E-state index in [0.29, 0.717) is 12.1 Å². The van der Waals surface area contributed by atoms with Gasteiger partial charge in [0.2, 0.25) is 0 Å². The number of benzene rings is 1. The second kappa shape index (κ2) is 5.02. The molecule has 1 aromatic carbocycles. The molecule has 19 heavy (non-hydrogen) atoms. The summed E-state index contributed by atoms with van der Waals surface area (Å²) in [7, 11) is 0. The topological polar surface area (TPSA) is 49.8 Å². The summed E-state index contributed by atoms with van der Waals surface area (Å²) < 4.78 is 2.04. The number of amides is 1. The number of aromatic nitrogens is 2. The lowest BCUT2D eigenvalue weighted by Gasteiger charge is -2.05. The van der Waals surface area contributed by atoms with Gasteiger partial charge in [-0.3, -0.25) is 4.79 Å². The highest BCUT2D eigenvalue weighted by Crippen LogP contribution is 2.17. The van der Waals surface area contributed by atoms with Crippen LogP contribution in [0.25, 0.3) is 10.9 Å². The van der Waals surface area contributed by atoms with Gasteiger partial charge in [-0.1, -0.05) is 18.2 Å². The van der Waals surface area contributed by atoms with E-state index >= 15 is 0 Å². The molecule has 0 spiro atoms. The summed E-state index contributed by atoms with van der Waals surface area (Å²) in [6, 6.07) is 11.8. The number of H-pyrrole nitrogens is 1. The molecule has 0 fully saturated rings. The maximum Gasteiger partial charge on any atom is 0.253 e. The van der Waals surface area contributed by atoms with E-state index in [4.69, 9.17) is 0 Å². The monoisotopic (exact) mass is 253 g/mol. The number of hydrogen-bond acceptors (Lipinski definition) is 1. The molecule has 0 saturated heterocycles. The van der Waals surface area contributed by atoms with Gasteiger partial charge in [0, 0.05) is 42.6 Å². The molecule has 96 valence electrons. The molecule has 0 aliphatic carbocycles. The smallest absolute Gasteiger partial charge is 0.253 e. The molecule has 0 unspecified atom stereocenters. The van der Waals surface area contributed by atoms with Crippen molar-refractivity contribution in [3.05, 3.63) is 60.6 Å². The van der Waals surface area contributed by atoms with Crippen LogP contribution in [0, 0.1) is 0 Å². The van der Waals surface area contributed by atoms with E-state index < -0.39 is 0 Å². The third-order valence-corrected chi connectivity index (χ3v) is 3.16. The molecule has 3 aromatic rings. The summed E-state index contributed by atoms with van der Waals surface area (Å²) >= 11 is 0. The Labute approximate surface area is 111 Å². The summed E-state index contributed by atoms with van der Waals surface area (Å²) in [5.74, 6) is -0.0374. The summed E-state index contributed by atoms with van der Waals surface area (Å²) in [5.41, 5.74) is 1.68. The number of carbonyl (C=O) groups excluding carboxylic acids is 1. The molecule has 0 saturated carbocycles. The van der Waals surface area contributed by atoms with Gasteiger partial charge in [-0.2, -0.15) is 0 Å². The fraction of sp³-hybridized carbons (Fsp3) is 0.133. The van der Waals surface area contributed by atoms with E-state index in [0.717, 1.165) is 17.4 Å². The maximum atomic E-state index is 12.1. The average molecular weight is 253 g/mol. The molecule has 4 heteroatoms. The Kier molecular flexibility index (Phi) is 3.06. The number of fused-ring (bicyclic) bond motifs is 1. The van der Waals surface area contributed by atoms with E-state index in [1.807, 2.05) is 53.4 Å². The van der Waals surface area contributed by atoms with Crippen LogP contribution in [0.15, 0.2) is 55.0 Å². The first kappa shape index (κ1) is 11.6. The molecule has 0 radical (unpaired) electrons. The second-order valence-corrected chi connectivity index (χ2v) is 4.42. The minimum absolute atomic E-state index is 0.0374. The molecule has 0 aliphatic rings. The number of rotatable bonds is 4. The van der Waals surface area contributed by atoms with Crippen molar-refractivity contribution in [2.45, 2.75) is 6.54 Å². The van der Waals surface area contributed by atoms with Crippen LogP contribution in [0.5, 0.6) is 0 Å². The minimum atomic E-state index is -0.0374. The highest BCUT2D eigenvalue weighted by atomic mass is 16.1. The van der Waals surface area contributed by atoms with Crippen molar-refractivity contribution in [1.29, 1.82) is 0 Å². The molecule has 0 atom stereocenters. The lowest BCUT2D eigenvalue weighted by molar-refractivity contribution is 0.0954. The van der Waals surface area contributed by atoms with Crippen LogP contribution in [-0.2, 0) is 6.54 Å². The molecule has 2 N–H and O–H groups in total. The van der Waals surface area contributed by atoms with Crippen LogP contribution in [0.3, 0.4) is 0 Å². The van der Waals surface area contributed by atoms with E-state index in [1.54, 1.807) is 6.20 Å². The quantitative estimate of drug-likeness (QED) is 0.737. The van der Waals surface area contributed by atoms with Gasteiger partial charge in [-0.05, 0) is 18.2 Å². The summed E-state index contributed by atoms with van der Waals surface area (Å²) in [5, 5.41) is 3.89. The lowest BCUT2D eigenvalue weighted by Crippen LogP contribution is -2.26. The van der Waals surface area contributed by atoms with Gasteiger partial charge in [-0.15, -0.1) is 0 Å². The highest BCUT2D eigenvalue weighted by Gasteiger charge is 2.10. The zero-order valence-electron chi connectivity index (χ0n) is 10.5. The maximum absolute atomic E-state index is 12.1. The van der Waals surface area contributed by atoms with Gasteiger partial charge in [0.05, 0.1) is 5.56 Å². The van der Waals surface area contributed by atoms with Crippen LogP contribution in [-0.4, -0.2) is 22.0 Å². The Bertz CT molecular complexity index is 682. The fourth-order valence-electron chi connectivity index (χ4n) is 2.17. The fourth-order valence-corrected chi connectivity index (χ4v) is 2.17. The van der Waals surface area contributed by atoms with Gasteiger partial charge in [0.1, 0.15) is 0 Å². The van der Waals surface area contributed by atoms with Crippen molar-refractivity contribution in [2.75, 3.05) is 6.54 Å². The van der Waals surface area contributed by atoms with Crippen LogP contribution in [0.2, 0.25) is 0 Å².